The average Bonchev–Trinajstić information content (AvgIpc) is 3.12. The highest BCUT2D eigenvalue weighted by Gasteiger charge is 2.54. The first-order valence-electron chi connectivity index (χ1n) is 9.90. The molecule has 1 N–H and O–H groups in total. The van der Waals surface area contributed by atoms with Crippen LogP contribution in [0.3, 0.4) is 0 Å². The summed E-state index contributed by atoms with van der Waals surface area (Å²) in [6.45, 7) is 3.28. The van der Waals surface area contributed by atoms with Crippen molar-refractivity contribution < 1.29 is 27.9 Å². The first kappa shape index (κ1) is 23.5. The monoisotopic (exact) mass is 455 g/mol. The normalized spacial score (nSPS) is 21.2. The van der Waals surface area contributed by atoms with Crippen LogP contribution in [-0.2, 0) is 30.2 Å². The SMILES string of the molecule is Cn1ccnc1CN1CCCC2(C1)CN(c1ccc(=O)n(C)c1)C2=O.O=C(O)C(F)(F)F. The van der Waals surface area contributed by atoms with E-state index in [1.807, 2.05) is 24.0 Å². The fourth-order valence-corrected chi connectivity index (χ4v) is 4.00. The maximum atomic E-state index is 12.9. The number of carboxylic acid groups (broad SMARTS) is 1. The van der Waals surface area contributed by atoms with Gasteiger partial charge in [0.1, 0.15) is 5.82 Å². The molecule has 2 saturated heterocycles. The summed E-state index contributed by atoms with van der Waals surface area (Å²) >= 11 is 0. The van der Waals surface area contributed by atoms with E-state index >= 15 is 0 Å². The number of aromatic nitrogens is 3. The smallest absolute Gasteiger partial charge is 0.475 e. The molecule has 4 rings (SSSR count). The molecule has 32 heavy (non-hydrogen) atoms. The number of halogens is 3. The molecule has 0 saturated carbocycles. The van der Waals surface area contributed by atoms with E-state index in [1.165, 1.54) is 10.6 Å². The molecule has 1 unspecified atom stereocenters. The van der Waals surface area contributed by atoms with E-state index in [4.69, 9.17) is 9.90 Å². The molecule has 2 aromatic rings. The van der Waals surface area contributed by atoms with Crippen LogP contribution in [0.25, 0.3) is 0 Å². The number of piperidine rings is 1. The Balaban J connectivity index is 0.000000360. The van der Waals surface area contributed by atoms with E-state index < -0.39 is 12.1 Å². The van der Waals surface area contributed by atoms with Crippen molar-refractivity contribution in [2.24, 2.45) is 19.5 Å². The Morgan fingerprint density at radius 3 is 2.41 bits per heavy atom. The topological polar surface area (TPSA) is 101 Å². The molecule has 0 bridgehead atoms. The van der Waals surface area contributed by atoms with E-state index in [2.05, 4.69) is 9.88 Å². The van der Waals surface area contributed by atoms with Crippen LogP contribution in [0.2, 0.25) is 0 Å². The predicted molar refractivity (Wildman–Crippen MR) is 108 cm³/mol. The molecule has 2 aliphatic heterocycles. The standard InChI is InChI=1S/C18H23N5O2.C2HF3O2/c1-20-9-7-19-15(20)11-22-8-3-6-18(12-22)13-23(17(18)25)14-4-5-16(24)21(2)10-14;3-2(4,5)1(6)7/h4-5,7,9-10H,3,6,8,11-13H2,1-2H3;(H,6,7). The van der Waals surface area contributed by atoms with Crippen LogP contribution >= 0.6 is 0 Å². The Labute approximate surface area is 181 Å². The lowest BCUT2D eigenvalue weighted by Crippen LogP contribution is -2.67. The lowest BCUT2D eigenvalue weighted by Gasteiger charge is -2.53. The van der Waals surface area contributed by atoms with Gasteiger partial charge in [-0.2, -0.15) is 13.2 Å². The van der Waals surface area contributed by atoms with Gasteiger partial charge in [0.2, 0.25) is 11.5 Å². The minimum absolute atomic E-state index is 0.0645. The van der Waals surface area contributed by atoms with Crippen molar-refractivity contribution in [3.8, 4) is 0 Å². The third-order valence-electron chi connectivity index (χ3n) is 5.73. The summed E-state index contributed by atoms with van der Waals surface area (Å²) < 4.78 is 35.3. The van der Waals surface area contributed by atoms with Crippen molar-refractivity contribution in [1.29, 1.82) is 0 Å². The summed E-state index contributed by atoms with van der Waals surface area (Å²) in [6, 6.07) is 3.25. The second kappa shape index (κ2) is 8.77. The number of nitrogens with zero attached hydrogens (tertiary/aromatic N) is 5. The molecule has 4 heterocycles. The maximum absolute atomic E-state index is 12.9. The lowest BCUT2D eigenvalue weighted by molar-refractivity contribution is -0.192. The molecule has 1 amide bonds. The van der Waals surface area contributed by atoms with Crippen molar-refractivity contribution >= 4 is 17.6 Å². The predicted octanol–water partition coefficient (Wildman–Crippen LogP) is 1.38. The summed E-state index contributed by atoms with van der Waals surface area (Å²) in [5.74, 6) is -1.55. The third-order valence-corrected chi connectivity index (χ3v) is 5.73. The molecule has 2 fully saturated rings. The van der Waals surface area contributed by atoms with Crippen LogP contribution < -0.4 is 10.5 Å². The summed E-state index contributed by atoms with van der Waals surface area (Å²) in [5.41, 5.74) is 0.460. The molecular weight excluding hydrogens is 431 g/mol. The average molecular weight is 455 g/mol. The van der Waals surface area contributed by atoms with Gasteiger partial charge in [0, 0.05) is 51.8 Å². The highest BCUT2D eigenvalue weighted by Crippen LogP contribution is 2.42. The number of hydrogen-bond donors (Lipinski definition) is 1. The van der Waals surface area contributed by atoms with Gasteiger partial charge in [-0.15, -0.1) is 0 Å². The third kappa shape index (κ3) is 4.85. The zero-order valence-electron chi connectivity index (χ0n) is 17.7. The number of amides is 1. The number of carbonyl (C=O) groups is 2. The molecule has 9 nitrogen and oxygen atoms in total. The van der Waals surface area contributed by atoms with Gasteiger partial charge in [-0.05, 0) is 25.5 Å². The summed E-state index contributed by atoms with van der Waals surface area (Å²) in [4.78, 5) is 41.9. The second-order valence-corrected chi connectivity index (χ2v) is 8.08. The Hall–Kier alpha value is -3.15. The molecule has 1 spiro atoms. The second-order valence-electron chi connectivity index (χ2n) is 8.08. The zero-order chi connectivity index (χ0) is 23.7. The van der Waals surface area contributed by atoms with Gasteiger partial charge in [0.25, 0.3) is 0 Å². The van der Waals surface area contributed by atoms with E-state index in [0.29, 0.717) is 0 Å². The Morgan fingerprint density at radius 1 is 1.19 bits per heavy atom. The highest BCUT2D eigenvalue weighted by atomic mass is 19.4. The quantitative estimate of drug-likeness (QED) is 0.702. The Morgan fingerprint density at radius 2 is 1.88 bits per heavy atom. The number of β-lactam (4-membered cyclic amide) rings is 1. The summed E-state index contributed by atoms with van der Waals surface area (Å²) in [6.07, 6.45) is 2.37. The number of hydrogen-bond acceptors (Lipinski definition) is 5. The molecule has 12 heteroatoms. The molecule has 0 aliphatic carbocycles. The summed E-state index contributed by atoms with van der Waals surface area (Å²) in [7, 11) is 3.71. The Bertz CT molecular complexity index is 1060. The van der Waals surface area contributed by atoms with Crippen LogP contribution in [0.5, 0.6) is 0 Å². The summed E-state index contributed by atoms with van der Waals surface area (Å²) in [5, 5.41) is 7.12. The van der Waals surface area contributed by atoms with Crippen LogP contribution in [-0.4, -0.2) is 61.8 Å². The number of likely N-dealkylation sites (tertiary alicyclic amines) is 1. The molecule has 2 aliphatic rings. The Kier molecular flexibility index (Phi) is 6.44. The van der Waals surface area contributed by atoms with Gasteiger partial charge >= 0.3 is 12.1 Å². The first-order chi connectivity index (χ1) is 14.9. The maximum Gasteiger partial charge on any atom is 0.490 e. The van der Waals surface area contributed by atoms with Gasteiger partial charge in [-0.3, -0.25) is 14.5 Å². The number of aliphatic carboxylic acids is 1. The fraction of sp³-hybridized carbons (Fsp3) is 0.500. The minimum atomic E-state index is -5.08. The number of imidazole rings is 1. The van der Waals surface area contributed by atoms with Crippen molar-refractivity contribution in [3.05, 3.63) is 46.9 Å². The van der Waals surface area contributed by atoms with Crippen molar-refractivity contribution in [3.63, 3.8) is 0 Å². The number of pyridine rings is 1. The van der Waals surface area contributed by atoms with Crippen molar-refractivity contribution in [2.75, 3.05) is 24.5 Å². The van der Waals surface area contributed by atoms with Crippen molar-refractivity contribution in [1.82, 2.24) is 19.0 Å². The first-order valence-corrected chi connectivity index (χ1v) is 9.90. The van der Waals surface area contributed by atoms with Gasteiger partial charge in [-0.1, -0.05) is 0 Å². The number of carboxylic acids is 1. The van der Waals surface area contributed by atoms with E-state index in [1.54, 1.807) is 24.2 Å². The minimum Gasteiger partial charge on any atom is -0.475 e. The van der Waals surface area contributed by atoms with Crippen LogP contribution in [0, 0.1) is 5.41 Å². The number of aryl methyl sites for hydroxylation is 2. The van der Waals surface area contributed by atoms with Crippen LogP contribution in [0.15, 0.2) is 35.5 Å². The molecular formula is C20H24F3N5O4. The van der Waals surface area contributed by atoms with Crippen molar-refractivity contribution in [2.45, 2.75) is 25.6 Å². The molecule has 0 aromatic carbocycles. The fourth-order valence-electron chi connectivity index (χ4n) is 4.00. The number of rotatable bonds is 3. The largest absolute Gasteiger partial charge is 0.490 e. The van der Waals surface area contributed by atoms with E-state index in [-0.39, 0.29) is 16.9 Å². The van der Waals surface area contributed by atoms with Gasteiger partial charge in [0.05, 0.1) is 17.6 Å². The highest BCUT2D eigenvalue weighted by molar-refractivity contribution is 6.04. The number of carbonyl (C=O) groups excluding carboxylic acids is 1. The number of anilines is 1. The molecule has 2 aromatic heterocycles. The zero-order valence-corrected chi connectivity index (χ0v) is 17.7. The molecule has 1 atom stereocenters. The van der Waals surface area contributed by atoms with Crippen LogP contribution in [0.1, 0.15) is 18.7 Å². The van der Waals surface area contributed by atoms with Gasteiger partial charge in [-0.25, -0.2) is 9.78 Å². The van der Waals surface area contributed by atoms with Gasteiger partial charge in [0.15, 0.2) is 0 Å². The molecule has 174 valence electrons. The molecule has 0 radical (unpaired) electrons. The number of alkyl halides is 3. The van der Waals surface area contributed by atoms with E-state index in [9.17, 15) is 22.8 Å². The lowest BCUT2D eigenvalue weighted by atomic mass is 9.72. The van der Waals surface area contributed by atoms with Gasteiger partial charge < -0.3 is 19.1 Å². The van der Waals surface area contributed by atoms with E-state index in [0.717, 1.165) is 50.5 Å². The van der Waals surface area contributed by atoms with Crippen LogP contribution in [0.4, 0.5) is 18.9 Å².